The second kappa shape index (κ2) is 10.4. The summed E-state index contributed by atoms with van der Waals surface area (Å²) in [5, 5.41) is 2.23. The molecule has 9 rings (SSSR count). The first-order valence-corrected chi connectivity index (χ1v) is 15.9. The van der Waals surface area contributed by atoms with Crippen molar-refractivity contribution >= 4 is 39.0 Å². The van der Waals surface area contributed by atoms with Crippen molar-refractivity contribution in [3.05, 3.63) is 198 Å². The molecule has 0 spiro atoms. The molecule has 0 saturated carbocycles. The fourth-order valence-corrected chi connectivity index (χ4v) is 7.68. The first-order valence-electron chi connectivity index (χ1n) is 15.9. The quantitative estimate of drug-likeness (QED) is 0.199. The summed E-state index contributed by atoms with van der Waals surface area (Å²) in [6.07, 6.45) is 0. The Hall–Kier alpha value is -5.86. The molecule has 1 aromatic heterocycles. The van der Waals surface area contributed by atoms with Crippen LogP contribution in [0.25, 0.3) is 33.1 Å². The Morgan fingerprint density at radius 1 is 0.478 bits per heavy atom. The summed E-state index contributed by atoms with van der Waals surface area (Å²) in [5.74, 6) is 0. The van der Waals surface area contributed by atoms with Crippen LogP contribution in [0.2, 0.25) is 0 Å². The minimum atomic E-state index is -0.474. The van der Waals surface area contributed by atoms with E-state index in [0.717, 1.165) is 39.0 Å². The van der Waals surface area contributed by atoms with Gasteiger partial charge in [0.05, 0.1) is 16.5 Å². The zero-order valence-electron chi connectivity index (χ0n) is 25.5. The molecule has 0 fully saturated rings. The average molecular weight is 590 g/mol. The van der Waals surface area contributed by atoms with Gasteiger partial charge in [-0.25, -0.2) is 0 Å². The Bertz CT molecular complexity index is 2330. The number of hydrogen-bond donors (Lipinski definition) is 0. The van der Waals surface area contributed by atoms with Crippen LogP contribution in [0.1, 0.15) is 27.8 Å². The van der Waals surface area contributed by atoms with Crippen molar-refractivity contribution in [1.29, 1.82) is 0 Å². The fraction of sp³-hybridized carbons (Fsp3) is 0.0455. The van der Waals surface area contributed by atoms with Crippen LogP contribution in [0.4, 0.5) is 17.1 Å². The lowest BCUT2D eigenvalue weighted by Gasteiger charge is -2.35. The fourth-order valence-electron chi connectivity index (χ4n) is 7.68. The van der Waals surface area contributed by atoms with E-state index in [2.05, 4.69) is 182 Å². The summed E-state index contributed by atoms with van der Waals surface area (Å²) in [6.45, 7) is 2.11. The number of para-hydroxylation sites is 1. The van der Waals surface area contributed by atoms with Crippen LogP contribution in [-0.4, -0.2) is 0 Å². The predicted molar refractivity (Wildman–Crippen MR) is 190 cm³/mol. The van der Waals surface area contributed by atoms with Crippen LogP contribution < -0.4 is 4.90 Å². The van der Waals surface area contributed by atoms with Crippen molar-refractivity contribution in [1.82, 2.24) is 0 Å². The highest BCUT2D eigenvalue weighted by atomic mass is 16.3. The first-order chi connectivity index (χ1) is 22.7. The van der Waals surface area contributed by atoms with Crippen LogP contribution in [-0.2, 0) is 5.41 Å². The van der Waals surface area contributed by atoms with Gasteiger partial charge in [-0.15, -0.1) is 0 Å². The molecule has 1 heterocycles. The Kier molecular flexibility index (Phi) is 5.97. The maximum absolute atomic E-state index is 6.43. The zero-order valence-corrected chi connectivity index (χ0v) is 25.5. The summed E-state index contributed by atoms with van der Waals surface area (Å²) < 4.78 is 6.43. The first kappa shape index (κ1) is 26.5. The van der Waals surface area contributed by atoms with E-state index < -0.39 is 5.41 Å². The normalized spacial score (nSPS) is 13.1. The molecule has 46 heavy (non-hydrogen) atoms. The molecular weight excluding hydrogens is 558 g/mol. The number of hydrogen-bond acceptors (Lipinski definition) is 2. The molecule has 0 aliphatic heterocycles. The monoisotopic (exact) mass is 589 g/mol. The number of aryl methyl sites for hydroxylation is 1. The van der Waals surface area contributed by atoms with Gasteiger partial charge in [-0.3, -0.25) is 0 Å². The maximum atomic E-state index is 6.43. The van der Waals surface area contributed by atoms with Gasteiger partial charge in [-0.1, -0.05) is 127 Å². The smallest absolute Gasteiger partial charge is 0.137 e. The molecule has 218 valence electrons. The van der Waals surface area contributed by atoms with Gasteiger partial charge in [0.1, 0.15) is 11.2 Å². The van der Waals surface area contributed by atoms with Crippen molar-refractivity contribution in [3.63, 3.8) is 0 Å². The third-order valence-corrected chi connectivity index (χ3v) is 9.59. The molecule has 0 radical (unpaired) electrons. The molecule has 0 amide bonds. The third-order valence-electron chi connectivity index (χ3n) is 9.59. The molecule has 0 atom stereocenters. The van der Waals surface area contributed by atoms with E-state index in [1.54, 1.807) is 0 Å². The van der Waals surface area contributed by atoms with Gasteiger partial charge in [-0.2, -0.15) is 0 Å². The Balaban J connectivity index is 1.36. The number of furan rings is 1. The van der Waals surface area contributed by atoms with Gasteiger partial charge in [0, 0.05) is 16.8 Å². The standard InChI is InChI=1S/C44H31NO/c1-30-24-26-37-42(28-30)46-41-23-13-22-40(43(37)41)45(33-18-9-4-10-19-33)34-25-27-36-35-20-11-12-21-38(35)44(39(36)29-34,31-14-5-2-6-15-31)32-16-7-3-8-17-32/h2-29H,1H3. The highest BCUT2D eigenvalue weighted by molar-refractivity contribution is 6.13. The molecule has 0 saturated heterocycles. The van der Waals surface area contributed by atoms with Crippen LogP contribution in [0, 0.1) is 6.92 Å². The minimum absolute atomic E-state index is 0.474. The van der Waals surface area contributed by atoms with Crippen molar-refractivity contribution in [2.24, 2.45) is 0 Å². The number of benzene rings is 7. The average Bonchev–Trinajstić information content (AvgIpc) is 3.63. The van der Waals surface area contributed by atoms with E-state index in [0.29, 0.717) is 0 Å². The SMILES string of the molecule is Cc1ccc2c(c1)oc1cccc(N(c3ccccc3)c3ccc4c(c3)C(c3ccccc3)(c3ccccc3)c3ccccc3-4)c12. The van der Waals surface area contributed by atoms with E-state index in [-0.39, 0.29) is 0 Å². The lowest BCUT2D eigenvalue weighted by molar-refractivity contribution is 0.668. The molecule has 2 heteroatoms. The van der Waals surface area contributed by atoms with Gasteiger partial charge in [0.15, 0.2) is 0 Å². The number of nitrogens with zero attached hydrogens (tertiary/aromatic N) is 1. The number of rotatable bonds is 5. The second-order valence-corrected chi connectivity index (χ2v) is 12.2. The lowest BCUT2D eigenvalue weighted by atomic mass is 9.67. The maximum Gasteiger partial charge on any atom is 0.137 e. The van der Waals surface area contributed by atoms with E-state index in [9.17, 15) is 0 Å². The van der Waals surface area contributed by atoms with Gasteiger partial charge < -0.3 is 9.32 Å². The van der Waals surface area contributed by atoms with E-state index in [1.165, 1.54) is 38.9 Å². The largest absolute Gasteiger partial charge is 0.456 e. The molecule has 8 aromatic rings. The Morgan fingerprint density at radius 2 is 1.13 bits per heavy atom. The molecule has 2 nitrogen and oxygen atoms in total. The van der Waals surface area contributed by atoms with Gasteiger partial charge in [0.25, 0.3) is 0 Å². The number of anilines is 3. The van der Waals surface area contributed by atoms with Crippen molar-refractivity contribution in [2.75, 3.05) is 4.90 Å². The van der Waals surface area contributed by atoms with Gasteiger partial charge >= 0.3 is 0 Å². The van der Waals surface area contributed by atoms with Crippen LogP contribution in [0.3, 0.4) is 0 Å². The van der Waals surface area contributed by atoms with E-state index in [4.69, 9.17) is 4.42 Å². The van der Waals surface area contributed by atoms with Crippen molar-refractivity contribution in [3.8, 4) is 11.1 Å². The molecule has 0 unspecified atom stereocenters. The highest BCUT2D eigenvalue weighted by Gasteiger charge is 2.46. The van der Waals surface area contributed by atoms with Gasteiger partial charge in [0.2, 0.25) is 0 Å². The highest BCUT2D eigenvalue weighted by Crippen LogP contribution is 2.57. The molecular formula is C44H31NO. The van der Waals surface area contributed by atoms with Crippen LogP contribution >= 0.6 is 0 Å². The molecule has 7 aromatic carbocycles. The molecule has 1 aliphatic rings. The topological polar surface area (TPSA) is 16.4 Å². The second-order valence-electron chi connectivity index (χ2n) is 12.2. The summed E-state index contributed by atoms with van der Waals surface area (Å²) >= 11 is 0. The Morgan fingerprint density at radius 3 is 1.87 bits per heavy atom. The van der Waals surface area contributed by atoms with E-state index >= 15 is 0 Å². The lowest BCUT2D eigenvalue weighted by Crippen LogP contribution is -2.28. The molecule has 0 N–H and O–H groups in total. The summed E-state index contributed by atoms with van der Waals surface area (Å²) in [7, 11) is 0. The van der Waals surface area contributed by atoms with E-state index in [1.807, 2.05) is 0 Å². The zero-order chi connectivity index (χ0) is 30.7. The molecule has 0 bridgehead atoms. The number of fused-ring (bicyclic) bond motifs is 6. The summed E-state index contributed by atoms with van der Waals surface area (Å²) in [4.78, 5) is 2.39. The predicted octanol–water partition coefficient (Wildman–Crippen LogP) is 11.7. The van der Waals surface area contributed by atoms with Crippen molar-refractivity contribution in [2.45, 2.75) is 12.3 Å². The summed E-state index contributed by atoms with van der Waals surface area (Å²) in [6, 6.07) is 61.5. The minimum Gasteiger partial charge on any atom is -0.456 e. The third kappa shape index (κ3) is 3.83. The summed E-state index contributed by atoms with van der Waals surface area (Å²) in [5.41, 5.74) is 13.4. The van der Waals surface area contributed by atoms with Crippen LogP contribution in [0.5, 0.6) is 0 Å². The molecule has 1 aliphatic carbocycles. The van der Waals surface area contributed by atoms with Crippen molar-refractivity contribution < 1.29 is 4.42 Å². The van der Waals surface area contributed by atoms with Crippen LogP contribution in [0.15, 0.2) is 174 Å². The van der Waals surface area contributed by atoms with Gasteiger partial charge in [-0.05, 0) is 88.3 Å². The Labute approximate surface area is 268 Å².